The van der Waals surface area contributed by atoms with Gasteiger partial charge in [-0.25, -0.2) is 4.79 Å². The van der Waals surface area contributed by atoms with Crippen LogP contribution in [-0.2, 0) is 28.7 Å². The van der Waals surface area contributed by atoms with E-state index in [0.717, 1.165) is 5.57 Å². The van der Waals surface area contributed by atoms with Crippen LogP contribution in [-0.4, -0.2) is 46.4 Å². The smallest absolute Gasteiger partial charge is 0.334 e. The summed E-state index contributed by atoms with van der Waals surface area (Å²) >= 11 is 0. The van der Waals surface area contributed by atoms with Crippen molar-refractivity contribution in [2.24, 2.45) is 35.0 Å². The van der Waals surface area contributed by atoms with Gasteiger partial charge in [0.15, 0.2) is 11.6 Å². The molecule has 0 bridgehead atoms. The van der Waals surface area contributed by atoms with Crippen molar-refractivity contribution in [2.45, 2.75) is 77.6 Å². The van der Waals surface area contributed by atoms with Gasteiger partial charge in [0.05, 0.1) is 5.60 Å². The summed E-state index contributed by atoms with van der Waals surface area (Å²) < 4.78 is 11.6. The fourth-order valence-electron chi connectivity index (χ4n) is 7.69. The predicted molar refractivity (Wildman–Crippen MR) is 135 cm³/mol. The van der Waals surface area contributed by atoms with Gasteiger partial charge in [0.2, 0.25) is 0 Å². The van der Waals surface area contributed by atoms with Crippen LogP contribution in [0, 0.1) is 35.0 Å². The van der Waals surface area contributed by atoms with Crippen molar-refractivity contribution in [1.82, 2.24) is 0 Å². The lowest BCUT2D eigenvalue weighted by Crippen LogP contribution is -2.53. The summed E-state index contributed by atoms with van der Waals surface area (Å²) in [5, 5.41) is 12.0. The van der Waals surface area contributed by atoms with E-state index in [2.05, 4.69) is 19.6 Å². The highest BCUT2D eigenvalue weighted by atomic mass is 16.6. The number of ether oxygens (including phenoxy) is 2. The molecule has 0 radical (unpaired) electrons. The van der Waals surface area contributed by atoms with Gasteiger partial charge in [-0.3, -0.25) is 14.4 Å². The lowest BCUT2D eigenvalue weighted by atomic mass is 9.54. The van der Waals surface area contributed by atoms with Crippen LogP contribution in [0.1, 0.15) is 59.8 Å². The molecule has 3 aliphatic carbocycles. The van der Waals surface area contributed by atoms with Crippen molar-refractivity contribution < 1.29 is 33.8 Å². The van der Waals surface area contributed by atoms with Gasteiger partial charge in [0.25, 0.3) is 0 Å². The molecule has 1 N–H and O–H groups in total. The van der Waals surface area contributed by atoms with E-state index in [9.17, 15) is 24.3 Å². The molecule has 3 fully saturated rings. The summed E-state index contributed by atoms with van der Waals surface area (Å²) in [4.78, 5) is 50.7. The molecule has 7 nitrogen and oxygen atoms in total. The Bertz CT molecular complexity index is 1170. The van der Waals surface area contributed by atoms with Gasteiger partial charge in [-0.15, -0.1) is 0 Å². The van der Waals surface area contributed by atoms with E-state index in [1.807, 2.05) is 13.0 Å². The Morgan fingerprint density at radius 3 is 2.51 bits per heavy atom. The number of hydrogen-bond donors (Lipinski definition) is 1. The molecule has 2 aliphatic heterocycles. The zero-order valence-corrected chi connectivity index (χ0v) is 22.0. The molecule has 0 amide bonds. The lowest BCUT2D eigenvalue weighted by Gasteiger charge is -2.48. The first-order valence-corrected chi connectivity index (χ1v) is 13.3. The quantitative estimate of drug-likeness (QED) is 0.456. The number of allylic oxidation sites excluding steroid dienone is 4. The van der Waals surface area contributed by atoms with Crippen molar-refractivity contribution in [3.8, 4) is 0 Å². The van der Waals surface area contributed by atoms with E-state index >= 15 is 0 Å². The number of esters is 2. The van der Waals surface area contributed by atoms with Crippen LogP contribution in [0.5, 0.6) is 0 Å². The second kappa shape index (κ2) is 8.90. The highest BCUT2D eigenvalue weighted by molar-refractivity contribution is 6.03. The Kier molecular flexibility index (Phi) is 6.21. The molecule has 2 heterocycles. The third-order valence-electron chi connectivity index (χ3n) is 9.77. The van der Waals surface area contributed by atoms with E-state index in [1.165, 1.54) is 13.8 Å². The number of carbonyl (C=O) groups excluding carboxylic acids is 4. The minimum Gasteiger partial charge on any atom is -0.461 e. The van der Waals surface area contributed by atoms with Crippen molar-refractivity contribution in [1.29, 1.82) is 0 Å². The molecule has 5 rings (SSSR count). The second-order valence-corrected chi connectivity index (χ2v) is 11.9. The topological polar surface area (TPSA) is 107 Å². The summed E-state index contributed by atoms with van der Waals surface area (Å²) in [5.41, 5.74) is -0.724. The summed E-state index contributed by atoms with van der Waals surface area (Å²) in [6.07, 6.45) is 8.64. The van der Waals surface area contributed by atoms with Crippen LogP contribution >= 0.6 is 0 Å². The van der Waals surface area contributed by atoms with Crippen molar-refractivity contribution in [3.63, 3.8) is 0 Å². The van der Waals surface area contributed by atoms with E-state index in [0.29, 0.717) is 36.8 Å². The zero-order valence-electron chi connectivity index (χ0n) is 22.0. The first-order chi connectivity index (χ1) is 17.4. The molecule has 7 heteroatoms. The van der Waals surface area contributed by atoms with Gasteiger partial charge >= 0.3 is 11.9 Å². The Balaban J connectivity index is 1.59. The van der Waals surface area contributed by atoms with Gasteiger partial charge in [-0.2, -0.15) is 0 Å². The van der Waals surface area contributed by atoms with Crippen LogP contribution in [0.4, 0.5) is 0 Å². The SMILES string of the molecule is C=C1C(=O)O[C@@H]2C[C@H](C)[C@@]3(O)C=C(C(C)=O)[C@@]4(C[C@@H]3C[C@H]12)C(=O)OC1C[C@@H](C)C(/C=C/C(C)=O)=CCC14. The lowest BCUT2D eigenvalue weighted by molar-refractivity contribution is -0.151. The largest absolute Gasteiger partial charge is 0.461 e. The number of hydrogen-bond acceptors (Lipinski definition) is 7. The summed E-state index contributed by atoms with van der Waals surface area (Å²) in [7, 11) is 0. The summed E-state index contributed by atoms with van der Waals surface area (Å²) in [6.45, 7) is 10.9. The molecule has 5 aliphatic rings. The minimum atomic E-state index is -1.31. The van der Waals surface area contributed by atoms with E-state index < -0.39 is 23.0 Å². The van der Waals surface area contributed by atoms with Gasteiger partial charge < -0.3 is 14.6 Å². The molecule has 1 spiro atoms. The summed E-state index contributed by atoms with van der Waals surface area (Å²) in [5.74, 6) is -2.17. The third kappa shape index (κ3) is 3.89. The maximum Gasteiger partial charge on any atom is 0.334 e. The van der Waals surface area contributed by atoms with Gasteiger partial charge in [-0.05, 0) is 81.4 Å². The molecule has 198 valence electrons. The first kappa shape index (κ1) is 25.8. The molecular formula is C30H36O7. The molecule has 0 aromatic carbocycles. The molecule has 37 heavy (non-hydrogen) atoms. The van der Waals surface area contributed by atoms with Gasteiger partial charge in [0.1, 0.15) is 17.6 Å². The van der Waals surface area contributed by atoms with E-state index in [4.69, 9.17) is 9.47 Å². The maximum atomic E-state index is 13.8. The Hall–Kier alpha value is -2.80. The number of fused-ring (bicyclic) bond motifs is 4. The zero-order chi connectivity index (χ0) is 26.9. The van der Waals surface area contributed by atoms with Gasteiger partial charge in [-0.1, -0.05) is 32.6 Å². The Morgan fingerprint density at radius 1 is 1.11 bits per heavy atom. The molecule has 0 aromatic rings. The predicted octanol–water partition coefficient (Wildman–Crippen LogP) is 3.81. The van der Waals surface area contributed by atoms with Crippen molar-refractivity contribution in [2.75, 3.05) is 0 Å². The van der Waals surface area contributed by atoms with Crippen LogP contribution in [0.25, 0.3) is 0 Å². The molecule has 0 aromatic heterocycles. The number of rotatable bonds is 3. The molecule has 2 unspecified atom stereocenters. The number of carbonyl (C=O) groups is 4. The van der Waals surface area contributed by atoms with Crippen LogP contribution < -0.4 is 0 Å². The third-order valence-corrected chi connectivity index (χ3v) is 9.77. The first-order valence-electron chi connectivity index (χ1n) is 13.3. The second-order valence-electron chi connectivity index (χ2n) is 11.9. The highest BCUT2D eigenvalue weighted by Gasteiger charge is 2.66. The molecule has 1 saturated carbocycles. The van der Waals surface area contributed by atoms with E-state index in [1.54, 1.807) is 12.2 Å². The minimum absolute atomic E-state index is 0.0365. The average Bonchev–Trinajstić information content (AvgIpc) is 3.09. The van der Waals surface area contributed by atoms with Gasteiger partial charge in [0, 0.05) is 23.0 Å². The van der Waals surface area contributed by atoms with Crippen LogP contribution in [0.2, 0.25) is 0 Å². The molecule has 9 atom stereocenters. The average molecular weight is 509 g/mol. The number of ketones is 2. The Morgan fingerprint density at radius 2 is 1.84 bits per heavy atom. The maximum absolute atomic E-state index is 13.8. The molecular weight excluding hydrogens is 472 g/mol. The fourth-order valence-corrected chi connectivity index (χ4v) is 7.69. The number of Topliss-reactive ketones (excluding diaryl/α,β-unsaturated/α-hetero) is 1. The normalized spacial score (nSPS) is 43.2. The summed E-state index contributed by atoms with van der Waals surface area (Å²) in [6, 6.07) is 0. The van der Waals surface area contributed by atoms with Crippen molar-refractivity contribution >= 4 is 23.5 Å². The standard InChI is InChI=1S/C30H36O7/c1-15-10-26-23(9-8-20(15)7-6-17(3)31)29(28(34)37-26)13-21-12-22-18(4)27(33)36-25(22)11-16(2)30(21,35)14-24(29)19(5)32/h6-8,14-16,21-23,25-26,35H,4,9-13H2,1-3,5H3/b7-6+/t15-,16+,21+,22-,23?,25-,26?,29+,30+/m1/s1. The highest BCUT2D eigenvalue weighted by Crippen LogP contribution is 2.61. The monoisotopic (exact) mass is 508 g/mol. The fraction of sp³-hybridized carbons (Fsp3) is 0.600. The Labute approximate surface area is 217 Å². The molecule has 2 saturated heterocycles. The van der Waals surface area contributed by atoms with Crippen LogP contribution in [0.15, 0.2) is 47.6 Å². The number of aliphatic hydroxyl groups is 1. The van der Waals surface area contributed by atoms with Crippen LogP contribution in [0.3, 0.4) is 0 Å². The van der Waals surface area contributed by atoms with Crippen molar-refractivity contribution in [3.05, 3.63) is 47.6 Å². The van der Waals surface area contributed by atoms with E-state index in [-0.39, 0.29) is 59.8 Å².